The highest BCUT2D eigenvalue weighted by Gasteiger charge is 2.05. The van der Waals surface area contributed by atoms with Crippen molar-refractivity contribution in [3.63, 3.8) is 0 Å². The van der Waals surface area contributed by atoms with E-state index < -0.39 is 0 Å². The molecule has 0 fully saturated rings. The first-order valence-electron chi connectivity index (χ1n) is 4.74. The normalized spacial score (nSPS) is 10.7. The van der Waals surface area contributed by atoms with Gasteiger partial charge >= 0.3 is 0 Å². The number of furan rings is 1. The Bertz CT molecular complexity index is 584. The SMILES string of the molecule is [c]1coc2cccc(-c3ccccn3)c12. The van der Waals surface area contributed by atoms with E-state index in [9.17, 15) is 0 Å². The molecule has 0 unspecified atom stereocenters. The minimum atomic E-state index is 0.846. The number of aromatic nitrogens is 1. The van der Waals surface area contributed by atoms with Crippen molar-refractivity contribution in [3.8, 4) is 11.3 Å². The maximum absolute atomic E-state index is 5.30. The highest BCUT2D eigenvalue weighted by atomic mass is 16.3. The molecule has 2 aromatic heterocycles. The van der Waals surface area contributed by atoms with Crippen LogP contribution in [0, 0.1) is 6.07 Å². The number of fused-ring (bicyclic) bond motifs is 1. The Hall–Kier alpha value is -2.09. The molecular weight excluding hydrogens is 186 g/mol. The third-order valence-electron chi connectivity index (χ3n) is 2.36. The predicted molar refractivity (Wildman–Crippen MR) is 58.3 cm³/mol. The van der Waals surface area contributed by atoms with Crippen LogP contribution in [0.4, 0.5) is 0 Å². The van der Waals surface area contributed by atoms with Gasteiger partial charge in [0.05, 0.1) is 12.0 Å². The van der Waals surface area contributed by atoms with Gasteiger partial charge in [0.1, 0.15) is 5.58 Å². The molecule has 0 N–H and O–H groups in total. The molecule has 0 spiro atoms. The second kappa shape index (κ2) is 3.24. The summed E-state index contributed by atoms with van der Waals surface area (Å²) in [6.07, 6.45) is 3.37. The van der Waals surface area contributed by atoms with Crippen LogP contribution in [0.15, 0.2) is 53.3 Å². The van der Waals surface area contributed by atoms with Crippen LogP contribution >= 0.6 is 0 Å². The molecule has 0 saturated heterocycles. The van der Waals surface area contributed by atoms with Gasteiger partial charge in [-0.1, -0.05) is 18.2 Å². The van der Waals surface area contributed by atoms with Crippen LogP contribution in [0.2, 0.25) is 0 Å². The molecule has 71 valence electrons. The first-order chi connectivity index (χ1) is 7.45. The molecule has 1 radical (unpaired) electrons. The Morgan fingerprint density at radius 1 is 1.07 bits per heavy atom. The van der Waals surface area contributed by atoms with Crippen molar-refractivity contribution < 1.29 is 4.42 Å². The van der Waals surface area contributed by atoms with Gasteiger partial charge in [-0.15, -0.1) is 0 Å². The number of hydrogen-bond donors (Lipinski definition) is 0. The molecule has 0 aliphatic rings. The van der Waals surface area contributed by atoms with Crippen LogP contribution in [0.25, 0.3) is 22.2 Å². The molecule has 0 amide bonds. The summed E-state index contributed by atoms with van der Waals surface area (Å²) in [5, 5.41) is 0.983. The third kappa shape index (κ3) is 1.31. The Labute approximate surface area is 87.2 Å². The van der Waals surface area contributed by atoms with Crippen LogP contribution in [-0.4, -0.2) is 4.98 Å². The van der Waals surface area contributed by atoms with Gasteiger partial charge in [0.15, 0.2) is 0 Å². The molecule has 3 rings (SSSR count). The summed E-state index contributed by atoms with van der Waals surface area (Å²) in [5.41, 5.74) is 2.85. The largest absolute Gasteiger partial charge is 0.464 e. The summed E-state index contributed by atoms with van der Waals surface area (Å²) in [6, 6.07) is 14.9. The molecule has 2 heteroatoms. The van der Waals surface area contributed by atoms with Crippen LogP contribution < -0.4 is 0 Å². The Balaban J connectivity index is 2.31. The summed E-state index contributed by atoms with van der Waals surface area (Å²) < 4.78 is 5.30. The standard InChI is InChI=1S/C13H8NO/c1-2-8-14-12(5-1)10-4-3-6-13-11(10)7-9-15-13/h1-6,8-9H. The van der Waals surface area contributed by atoms with Crippen LogP contribution in [-0.2, 0) is 0 Å². The van der Waals surface area contributed by atoms with Gasteiger partial charge in [0.25, 0.3) is 0 Å². The van der Waals surface area contributed by atoms with E-state index in [2.05, 4.69) is 11.1 Å². The predicted octanol–water partition coefficient (Wildman–Crippen LogP) is 3.29. The summed E-state index contributed by atoms with van der Waals surface area (Å²) in [5.74, 6) is 0. The zero-order chi connectivity index (χ0) is 10.1. The van der Waals surface area contributed by atoms with Crippen LogP contribution in [0.1, 0.15) is 0 Å². The molecule has 0 aliphatic heterocycles. The van der Waals surface area contributed by atoms with E-state index in [-0.39, 0.29) is 0 Å². The van der Waals surface area contributed by atoms with Gasteiger partial charge in [0.2, 0.25) is 0 Å². The van der Waals surface area contributed by atoms with Crippen LogP contribution in [0.3, 0.4) is 0 Å². The molecule has 0 atom stereocenters. The van der Waals surface area contributed by atoms with E-state index in [0.717, 1.165) is 22.2 Å². The zero-order valence-corrected chi connectivity index (χ0v) is 7.97. The molecule has 2 nitrogen and oxygen atoms in total. The average Bonchev–Trinajstić information content (AvgIpc) is 2.78. The number of benzene rings is 1. The molecular formula is C13H8NO. The summed E-state index contributed by atoms with van der Waals surface area (Å²) in [6.45, 7) is 0. The van der Waals surface area contributed by atoms with Crippen molar-refractivity contribution in [1.82, 2.24) is 4.98 Å². The molecule has 0 saturated carbocycles. The molecule has 15 heavy (non-hydrogen) atoms. The fraction of sp³-hybridized carbons (Fsp3) is 0. The molecule has 0 bridgehead atoms. The van der Waals surface area contributed by atoms with Gasteiger partial charge in [-0.3, -0.25) is 4.98 Å². The molecule has 0 aliphatic carbocycles. The molecule has 2 heterocycles. The van der Waals surface area contributed by atoms with Gasteiger partial charge in [-0.05, 0) is 18.2 Å². The minimum Gasteiger partial charge on any atom is -0.464 e. The Kier molecular flexibility index (Phi) is 1.78. The molecule has 1 aromatic carbocycles. The van der Waals surface area contributed by atoms with Crippen LogP contribution in [0.5, 0.6) is 0 Å². The van der Waals surface area contributed by atoms with E-state index in [4.69, 9.17) is 4.42 Å². The van der Waals surface area contributed by atoms with Crippen molar-refractivity contribution in [2.75, 3.05) is 0 Å². The van der Waals surface area contributed by atoms with Gasteiger partial charge in [-0.25, -0.2) is 0 Å². The van der Waals surface area contributed by atoms with Gasteiger partial charge in [-0.2, -0.15) is 0 Å². The maximum atomic E-state index is 5.30. The lowest BCUT2D eigenvalue weighted by Gasteiger charge is -2.00. The minimum absolute atomic E-state index is 0.846. The zero-order valence-electron chi connectivity index (χ0n) is 7.97. The number of rotatable bonds is 1. The van der Waals surface area contributed by atoms with Crippen molar-refractivity contribution in [1.29, 1.82) is 0 Å². The van der Waals surface area contributed by atoms with E-state index in [1.807, 2.05) is 36.4 Å². The second-order valence-corrected chi connectivity index (χ2v) is 3.27. The van der Waals surface area contributed by atoms with E-state index >= 15 is 0 Å². The second-order valence-electron chi connectivity index (χ2n) is 3.27. The van der Waals surface area contributed by atoms with E-state index in [1.165, 1.54) is 0 Å². The molecule has 3 aromatic rings. The summed E-state index contributed by atoms with van der Waals surface area (Å²) >= 11 is 0. The smallest absolute Gasteiger partial charge is 0.135 e. The van der Waals surface area contributed by atoms with Crippen molar-refractivity contribution in [3.05, 3.63) is 54.9 Å². The van der Waals surface area contributed by atoms with Crippen molar-refractivity contribution >= 4 is 11.0 Å². The fourth-order valence-corrected chi connectivity index (χ4v) is 1.67. The first kappa shape index (κ1) is 8.24. The average molecular weight is 194 g/mol. The third-order valence-corrected chi connectivity index (χ3v) is 2.36. The maximum Gasteiger partial charge on any atom is 0.135 e. The fourth-order valence-electron chi connectivity index (χ4n) is 1.67. The number of nitrogens with zero attached hydrogens (tertiary/aromatic N) is 1. The number of hydrogen-bond acceptors (Lipinski definition) is 2. The highest BCUT2D eigenvalue weighted by molar-refractivity contribution is 5.92. The van der Waals surface area contributed by atoms with E-state index in [1.54, 1.807) is 12.5 Å². The monoisotopic (exact) mass is 194 g/mol. The highest BCUT2D eigenvalue weighted by Crippen LogP contribution is 2.26. The number of pyridine rings is 1. The van der Waals surface area contributed by atoms with E-state index in [0.29, 0.717) is 0 Å². The lowest BCUT2D eigenvalue weighted by Crippen LogP contribution is -1.81. The lowest BCUT2D eigenvalue weighted by atomic mass is 10.1. The van der Waals surface area contributed by atoms with Gasteiger partial charge in [0, 0.05) is 23.2 Å². The topological polar surface area (TPSA) is 26.0 Å². The summed E-state index contributed by atoms with van der Waals surface area (Å²) in [4.78, 5) is 4.32. The Morgan fingerprint density at radius 3 is 2.93 bits per heavy atom. The first-order valence-corrected chi connectivity index (χ1v) is 4.74. The Morgan fingerprint density at radius 2 is 2.07 bits per heavy atom. The quantitative estimate of drug-likeness (QED) is 0.594. The van der Waals surface area contributed by atoms with Crippen molar-refractivity contribution in [2.45, 2.75) is 0 Å². The lowest BCUT2D eigenvalue weighted by molar-refractivity contribution is 0.615. The van der Waals surface area contributed by atoms with Gasteiger partial charge < -0.3 is 4.42 Å². The summed E-state index contributed by atoms with van der Waals surface area (Å²) in [7, 11) is 0. The van der Waals surface area contributed by atoms with Crippen molar-refractivity contribution in [2.24, 2.45) is 0 Å².